The highest BCUT2D eigenvalue weighted by Crippen LogP contribution is 2.61. The Bertz CT molecular complexity index is 2390. The van der Waals surface area contributed by atoms with Crippen LogP contribution in [0.1, 0.15) is 0 Å². The molecule has 9 rings (SSSR count). The number of fused-ring (bicyclic) bond motifs is 3. The number of halogens is 1. The summed E-state index contributed by atoms with van der Waals surface area (Å²) in [5.41, 5.74) is 9.53. The third-order valence-electron chi connectivity index (χ3n) is 9.09. The minimum absolute atomic E-state index is 0.714. The SMILES string of the molecule is Brc1c(N(c2ccccc2)c2ccccc2)cc2c(c1N(c1ccccc1)c1ccccc1)Oc1ccccc1N2c1cccc2cccnc12. The molecule has 0 radical (unpaired) electrons. The van der Waals surface area contributed by atoms with Crippen LogP contribution in [-0.4, -0.2) is 4.98 Å². The van der Waals surface area contributed by atoms with E-state index in [9.17, 15) is 0 Å². The summed E-state index contributed by atoms with van der Waals surface area (Å²) in [6.07, 6.45) is 1.86. The van der Waals surface area contributed by atoms with Gasteiger partial charge in [0.05, 0.1) is 32.7 Å². The van der Waals surface area contributed by atoms with Crippen LogP contribution < -0.4 is 19.4 Å². The van der Waals surface area contributed by atoms with Gasteiger partial charge >= 0.3 is 0 Å². The molecule has 6 heteroatoms. The molecule has 51 heavy (non-hydrogen) atoms. The fourth-order valence-electron chi connectivity index (χ4n) is 6.87. The van der Waals surface area contributed by atoms with Crippen LogP contribution in [0.3, 0.4) is 0 Å². The maximum Gasteiger partial charge on any atom is 0.176 e. The number of benzene rings is 7. The normalized spacial score (nSPS) is 11.7. The van der Waals surface area contributed by atoms with Crippen LogP contribution in [0.4, 0.5) is 51.2 Å². The number of hydrogen-bond donors (Lipinski definition) is 0. The predicted octanol–water partition coefficient (Wildman–Crippen LogP) is 13.5. The Labute approximate surface area is 305 Å². The zero-order valence-electron chi connectivity index (χ0n) is 27.5. The van der Waals surface area contributed by atoms with Crippen LogP contribution in [0.15, 0.2) is 193 Å². The molecule has 7 aromatic carbocycles. The van der Waals surface area contributed by atoms with Crippen LogP contribution in [-0.2, 0) is 0 Å². The Hall–Kier alpha value is -6.37. The molecule has 8 aromatic rings. The van der Waals surface area contributed by atoms with E-state index in [1.807, 2.05) is 48.7 Å². The molecule has 0 aliphatic carbocycles. The lowest BCUT2D eigenvalue weighted by atomic mass is 10.0. The molecular formula is C45H31BrN4O. The number of ether oxygens (including phenoxy) is 1. The molecule has 0 saturated heterocycles. The summed E-state index contributed by atoms with van der Waals surface area (Å²) < 4.78 is 7.94. The Kier molecular flexibility index (Phi) is 7.91. The van der Waals surface area contributed by atoms with Crippen LogP contribution in [0.2, 0.25) is 0 Å². The maximum absolute atomic E-state index is 7.07. The Morgan fingerprint density at radius 1 is 0.490 bits per heavy atom. The monoisotopic (exact) mass is 722 g/mol. The van der Waals surface area contributed by atoms with E-state index in [0.717, 1.165) is 72.3 Å². The van der Waals surface area contributed by atoms with Gasteiger partial charge in [-0.05, 0) is 94.8 Å². The Morgan fingerprint density at radius 2 is 1.00 bits per heavy atom. The molecule has 1 aliphatic rings. The summed E-state index contributed by atoms with van der Waals surface area (Å²) in [7, 11) is 0. The maximum atomic E-state index is 7.07. The third-order valence-corrected chi connectivity index (χ3v) is 9.87. The highest BCUT2D eigenvalue weighted by Gasteiger charge is 2.35. The number of hydrogen-bond acceptors (Lipinski definition) is 5. The lowest BCUT2D eigenvalue weighted by molar-refractivity contribution is 0.478. The average Bonchev–Trinajstić information content (AvgIpc) is 3.20. The molecule has 0 amide bonds. The van der Waals surface area contributed by atoms with E-state index in [4.69, 9.17) is 9.72 Å². The summed E-state index contributed by atoms with van der Waals surface area (Å²) >= 11 is 4.21. The largest absolute Gasteiger partial charge is 0.451 e. The molecule has 244 valence electrons. The zero-order chi connectivity index (χ0) is 34.1. The van der Waals surface area contributed by atoms with Gasteiger partial charge in [0, 0.05) is 34.3 Å². The van der Waals surface area contributed by atoms with Gasteiger partial charge in [0.25, 0.3) is 0 Å². The quantitative estimate of drug-likeness (QED) is 0.163. The fraction of sp³-hybridized carbons (Fsp3) is 0. The molecule has 0 fully saturated rings. The van der Waals surface area contributed by atoms with Gasteiger partial charge in [0.15, 0.2) is 11.5 Å². The van der Waals surface area contributed by atoms with Gasteiger partial charge in [-0.15, -0.1) is 0 Å². The predicted molar refractivity (Wildman–Crippen MR) is 214 cm³/mol. The first-order valence-corrected chi connectivity index (χ1v) is 17.6. The fourth-order valence-corrected chi connectivity index (χ4v) is 7.52. The second kappa shape index (κ2) is 13.2. The van der Waals surface area contributed by atoms with Crippen molar-refractivity contribution < 1.29 is 4.74 Å². The van der Waals surface area contributed by atoms with Gasteiger partial charge in [0.2, 0.25) is 0 Å². The number of para-hydroxylation sites is 7. The summed E-state index contributed by atoms with van der Waals surface area (Å²) in [6, 6.07) is 62.7. The van der Waals surface area contributed by atoms with Crippen molar-refractivity contribution in [3.8, 4) is 11.5 Å². The molecule has 0 saturated carbocycles. The van der Waals surface area contributed by atoms with Crippen molar-refractivity contribution in [2.45, 2.75) is 0 Å². The molecule has 5 nitrogen and oxygen atoms in total. The molecule has 0 bridgehead atoms. The van der Waals surface area contributed by atoms with Crippen molar-refractivity contribution in [3.05, 3.63) is 193 Å². The molecule has 0 unspecified atom stereocenters. The second-order valence-electron chi connectivity index (χ2n) is 12.2. The van der Waals surface area contributed by atoms with Crippen LogP contribution in [0, 0.1) is 0 Å². The number of anilines is 9. The third kappa shape index (κ3) is 5.46. The van der Waals surface area contributed by atoms with Gasteiger partial charge in [-0.1, -0.05) is 103 Å². The topological polar surface area (TPSA) is 31.8 Å². The molecule has 2 heterocycles. The molecular weight excluding hydrogens is 692 g/mol. The van der Waals surface area contributed by atoms with Crippen molar-refractivity contribution in [1.29, 1.82) is 0 Å². The first-order chi connectivity index (χ1) is 25.3. The van der Waals surface area contributed by atoms with Crippen LogP contribution in [0.5, 0.6) is 11.5 Å². The van der Waals surface area contributed by atoms with E-state index in [-0.39, 0.29) is 0 Å². The smallest absolute Gasteiger partial charge is 0.176 e. The van der Waals surface area contributed by atoms with E-state index in [2.05, 4.69) is 170 Å². The summed E-state index contributed by atoms with van der Waals surface area (Å²) in [5.74, 6) is 1.47. The van der Waals surface area contributed by atoms with Gasteiger partial charge in [-0.25, -0.2) is 0 Å². The van der Waals surface area contributed by atoms with Gasteiger partial charge in [0.1, 0.15) is 5.69 Å². The molecule has 1 aromatic heterocycles. The summed E-state index contributed by atoms with van der Waals surface area (Å²) in [6.45, 7) is 0. The van der Waals surface area contributed by atoms with Gasteiger partial charge in [-0.3, -0.25) is 4.98 Å². The van der Waals surface area contributed by atoms with Gasteiger partial charge in [-0.2, -0.15) is 0 Å². The first kappa shape index (κ1) is 30.7. The van der Waals surface area contributed by atoms with Crippen molar-refractivity contribution in [2.75, 3.05) is 14.7 Å². The molecule has 0 atom stereocenters. The number of rotatable bonds is 7. The number of aromatic nitrogens is 1. The molecule has 0 N–H and O–H groups in total. The van der Waals surface area contributed by atoms with Crippen molar-refractivity contribution in [1.82, 2.24) is 4.98 Å². The molecule has 1 aliphatic heterocycles. The molecule has 0 spiro atoms. The Morgan fingerprint density at radius 3 is 1.61 bits per heavy atom. The van der Waals surface area contributed by atoms with Crippen LogP contribution >= 0.6 is 15.9 Å². The van der Waals surface area contributed by atoms with Gasteiger partial charge < -0.3 is 19.4 Å². The standard InChI is InChI=1S/C45H31BrN4O/c46-42-39(48(33-19-5-1-6-20-33)34-21-7-2-8-22-34)31-40-45(44(42)49(35-23-9-3-10-24-35)36-25-11-4-12-26-36)51-41-29-14-13-27-37(41)50(40)38-28-15-17-32-18-16-30-47-43(32)38/h1-31H. The average molecular weight is 724 g/mol. The lowest BCUT2D eigenvalue weighted by Gasteiger charge is -2.39. The summed E-state index contributed by atoms with van der Waals surface area (Å²) in [4.78, 5) is 11.8. The van der Waals surface area contributed by atoms with Crippen LogP contribution in [0.25, 0.3) is 10.9 Å². The van der Waals surface area contributed by atoms with E-state index in [1.165, 1.54) is 0 Å². The minimum atomic E-state index is 0.714. The lowest BCUT2D eigenvalue weighted by Crippen LogP contribution is -2.21. The van der Waals surface area contributed by atoms with Crippen molar-refractivity contribution in [2.24, 2.45) is 0 Å². The van der Waals surface area contributed by atoms with E-state index < -0.39 is 0 Å². The van der Waals surface area contributed by atoms with Crippen molar-refractivity contribution in [3.63, 3.8) is 0 Å². The van der Waals surface area contributed by atoms with Crippen molar-refractivity contribution >= 4 is 78.0 Å². The second-order valence-corrected chi connectivity index (χ2v) is 13.0. The number of pyridine rings is 1. The highest BCUT2D eigenvalue weighted by atomic mass is 79.9. The van der Waals surface area contributed by atoms with E-state index in [0.29, 0.717) is 5.75 Å². The first-order valence-electron chi connectivity index (χ1n) is 16.8. The number of nitrogens with zero attached hydrogens (tertiary/aromatic N) is 4. The highest BCUT2D eigenvalue weighted by molar-refractivity contribution is 9.10. The van der Waals surface area contributed by atoms with E-state index in [1.54, 1.807) is 0 Å². The van der Waals surface area contributed by atoms with E-state index >= 15 is 0 Å². The zero-order valence-corrected chi connectivity index (χ0v) is 29.1. The summed E-state index contributed by atoms with van der Waals surface area (Å²) in [5, 5.41) is 1.06. The Balaban J connectivity index is 1.42. The minimum Gasteiger partial charge on any atom is -0.451 e.